The zero-order valence-corrected chi connectivity index (χ0v) is 28.1. The Balaban J connectivity index is 1.22. The van der Waals surface area contributed by atoms with Gasteiger partial charge in [0, 0.05) is 30.0 Å². The molecule has 2 saturated carbocycles. The number of aromatic nitrogens is 3. The molecule has 7 rings (SSSR count). The first-order chi connectivity index (χ1) is 24.3. The first-order valence-electron chi connectivity index (χ1n) is 17.9. The largest absolute Gasteiger partial charge is 0.479 e. The number of allylic oxidation sites excluding steroid dienone is 1. The van der Waals surface area contributed by atoms with E-state index in [9.17, 15) is 24.3 Å². The normalized spacial score (nSPS) is 27.4. The van der Waals surface area contributed by atoms with Crippen molar-refractivity contribution in [3.05, 3.63) is 72.8 Å². The maximum Gasteiger partial charge on any atom is 0.408 e. The molecule has 1 aromatic heterocycles. The Kier molecular flexibility index (Phi) is 9.69. The van der Waals surface area contributed by atoms with Crippen molar-refractivity contribution in [1.82, 2.24) is 30.5 Å². The van der Waals surface area contributed by atoms with Crippen LogP contribution in [0.3, 0.4) is 0 Å². The number of carboxylic acids is 1. The van der Waals surface area contributed by atoms with Crippen molar-refractivity contribution in [3.8, 4) is 22.5 Å². The number of alkyl carbamates (subject to hydrolysis) is 1. The second-order valence-electron chi connectivity index (χ2n) is 14.0. The topological polar surface area (TPSA) is 156 Å². The van der Waals surface area contributed by atoms with E-state index in [4.69, 9.17) is 14.9 Å². The van der Waals surface area contributed by atoms with Gasteiger partial charge in [0.2, 0.25) is 11.8 Å². The number of carbonyl (C=O) groups is 4. The van der Waals surface area contributed by atoms with Crippen LogP contribution >= 0.6 is 0 Å². The molecule has 0 spiro atoms. The Morgan fingerprint density at radius 1 is 0.880 bits per heavy atom. The lowest BCUT2D eigenvalue weighted by Crippen LogP contribution is -2.56. The van der Waals surface area contributed by atoms with Crippen molar-refractivity contribution in [2.24, 2.45) is 5.92 Å². The summed E-state index contributed by atoms with van der Waals surface area (Å²) in [5.74, 6) is -2.37. The molecule has 3 heterocycles. The Morgan fingerprint density at radius 3 is 2.16 bits per heavy atom. The molecule has 12 nitrogen and oxygen atoms in total. The van der Waals surface area contributed by atoms with Gasteiger partial charge in [-0.2, -0.15) is 15.0 Å². The van der Waals surface area contributed by atoms with E-state index in [1.54, 1.807) is 4.80 Å². The molecule has 4 aliphatic rings. The van der Waals surface area contributed by atoms with Gasteiger partial charge < -0.3 is 25.4 Å². The first kappa shape index (κ1) is 33.5. The molecule has 5 atom stereocenters. The maximum absolute atomic E-state index is 14.5. The number of carboxylic acid groups (broad SMARTS) is 1. The van der Waals surface area contributed by atoms with Gasteiger partial charge in [0.25, 0.3) is 0 Å². The number of ether oxygens (including phenoxy) is 1. The first-order valence-corrected chi connectivity index (χ1v) is 17.9. The van der Waals surface area contributed by atoms with Gasteiger partial charge in [0.15, 0.2) is 0 Å². The van der Waals surface area contributed by atoms with Crippen LogP contribution < -0.4 is 10.6 Å². The van der Waals surface area contributed by atoms with Crippen molar-refractivity contribution in [2.45, 2.75) is 100 Å². The molecule has 3 N–H and O–H groups in total. The summed E-state index contributed by atoms with van der Waals surface area (Å²) >= 11 is 0. The number of benzene rings is 2. The highest BCUT2D eigenvalue weighted by atomic mass is 16.6. The predicted octanol–water partition coefficient (Wildman–Crippen LogP) is 5.27. The van der Waals surface area contributed by atoms with Crippen molar-refractivity contribution < 1.29 is 29.0 Å². The second-order valence-corrected chi connectivity index (χ2v) is 14.0. The average molecular weight is 681 g/mol. The smallest absolute Gasteiger partial charge is 0.408 e. The summed E-state index contributed by atoms with van der Waals surface area (Å²) in [6, 6.07) is 17.0. The van der Waals surface area contributed by atoms with Crippen molar-refractivity contribution in [2.75, 3.05) is 6.54 Å². The van der Waals surface area contributed by atoms with Gasteiger partial charge in [-0.1, -0.05) is 85.7 Å². The van der Waals surface area contributed by atoms with E-state index in [-0.39, 0.29) is 31.4 Å². The van der Waals surface area contributed by atoms with E-state index in [0.29, 0.717) is 24.2 Å². The summed E-state index contributed by atoms with van der Waals surface area (Å²) in [5.41, 5.74) is 1.67. The Hall–Kier alpha value is -5.00. The number of amides is 3. The summed E-state index contributed by atoms with van der Waals surface area (Å²) in [6.07, 6.45) is 10.6. The van der Waals surface area contributed by atoms with E-state index < -0.39 is 47.5 Å². The summed E-state index contributed by atoms with van der Waals surface area (Å²) in [5, 5.41) is 25.7. The van der Waals surface area contributed by atoms with E-state index in [0.717, 1.165) is 56.1 Å². The van der Waals surface area contributed by atoms with E-state index >= 15 is 0 Å². The van der Waals surface area contributed by atoms with Crippen LogP contribution in [0.5, 0.6) is 0 Å². The third-order valence-corrected chi connectivity index (χ3v) is 10.6. The van der Waals surface area contributed by atoms with Crippen LogP contribution in [0.2, 0.25) is 0 Å². The van der Waals surface area contributed by atoms with Gasteiger partial charge in [-0.25, -0.2) is 9.59 Å². The van der Waals surface area contributed by atoms with Crippen LogP contribution in [0.4, 0.5) is 4.79 Å². The quantitative estimate of drug-likeness (QED) is 0.298. The molecule has 3 fully saturated rings. The third-order valence-electron chi connectivity index (χ3n) is 10.6. The SMILES string of the molecule is O=C(N[C@H]1CCCCCC=C[C@@H]2C[C@@]2(C(=O)O)NC(=O)[C@@H]2C[C@@H](n3nc(-c4ccccc4)c(-c4ccccc4)n3)CN2C1=O)OC1CCCC1. The van der Waals surface area contributed by atoms with Gasteiger partial charge in [0.1, 0.15) is 35.1 Å². The van der Waals surface area contributed by atoms with Crippen LogP contribution in [0, 0.1) is 5.92 Å². The Bertz CT molecular complexity index is 1680. The van der Waals surface area contributed by atoms with Crippen LogP contribution in [0.25, 0.3) is 22.5 Å². The molecule has 262 valence electrons. The fourth-order valence-corrected chi connectivity index (χ4v) is 7.65. The molecule has 12 heteroatoms. The number of hydrogen-bond acceptors (Lipinski definition) is 7. The fraction of sp³-hybridized carbons (Fsp3) is 0.474. The summed E-state index contributed by atoms with van der Waals surface area (Å²) in [7, 11) is 0. The number of rotatable bonds is 6. The zero-order valence-electron chi connectivity index (χ0n) is 28.1. The number of nitrogens with one attached hydrogen (secondary N) is 2. The van der Waals surface area contributed by atoms with Crippen LogP contribution in [-0.4, -0.2) is 79.1 Å². The molecule has 1 saturated heterocycles. The van der Waals surface area contributed by atoms with Crippen molar-refractivity contribution in [1.29, 1.82) is 0 Å². The van der Waals surface area contributed by atoms with Crippen LogP contribution in [0.1, 0.15) is 76.7 Å². The Morgan fingerprint density at radius 2 is 1.52 bits per heavy atom. The number of carbonyl (C=O) groups excluding carboxylic acids is 3. The van der Waals surface area contributed by atoms with Crippen molar-refractivity contribution >= 4 is 23.9 Å². The average Bonchev–Trinajstić information content (AvgIpc) is 3.56. The highest BCUT2D eigenvalue weighted by Crippen LogP contribution is 2.45. The van der Waals surface area contributed by atoms with Gasteiger partial charge in [-0.05, 0) is 51.4 Å². The monoisotopic (exact) mass is 680 g/mol. The molecule has 2 aliphatic carbocycles. The second kappa shape index (κ2) is 14.5. The molecule has 2 aromatic carbocycles. The summed E-state index contributed by atoms with van der Waals surface area (Å²) in [4.78, 5) is 57.2. The maximum atomic E-state index is 14.5. The molecular weight excluding hydrogens is 636 g/mol. The van der Waals surface area contributed by atoms with Gasteiger partial charge in [-0.15, -0.1) is 0 Å². The van der Waals surface area contributed by atoms with Gasteiger partial charge in [-0.3, -0.25) is 9.59 Å². The minimum Gasteiger partial charge on any atom is -0.479 e. The lowest BCUT2D eigenvalue weighted by atomic mass is 10.0. The zero-order chi connectivity index (χ0) is 34.7. The predicted molar refractivity (Wildman–Crippen MR) is 185 cm³/mol. The van der Waals surface area contributed by atoms with Crippen LogP contribution in [-0.2, 0) is 19.1 Å². The van der Waals surface area contributed by atoms with Crippen molar-refractivity contribution in [3.63, 3.8) is 0 Å². The third kappa shape index (κ3) is 7.01. The molecule has 3 amide bonds. The van der Waals surface area contributed by atoms with E-state index in [2.05, 4.69) is 10.6 Å². The lowest BCUT2D eigenvalue weighted by molar-refractivity contribution is -0.145. The molecule has 0 radical (unpaired) electrons. The minimum absolute atomic E-state index is 0.104. The highest BCUT2D eigenvalue weighted by molar-refractivity contribution is 5.96. The highest BCUT2D eigenvalue weighted by Gasteiger charge is 2.61. The Labute approximate surface area is 291 Å². The number of hydrogen-bond donors (Lipinski definition) is 3. The van der Waals surface area contributed by atoms with Gasteiger partial charge in [0.05, 0.1) is 6.04 Å². The number of fused-ring (bicyclic) bond motifs is 2. The van der Waals surface area contributed by atoms with E-state index in [1.807, 2.05) is 72.8 Å². The summed E-state index contributed by atoms with van der Waals surface area (Å²) in [6.45, 7) is 0.104. The molecule has 0 unspecified atom stereocenters. The van der Waals surface area contributed by atoms with Crippen LogP contribution in [0.15, 0.2) is 72.8 Å². The summed E-state index contributed by atoms with van der Waals surface area (Å²) < 4.78 is 5.67. The van der Waals surface area contributed by atoms with Gasteiger partial charge >= 0.3 is 12.1 Å². The number of nitrogens with zero attached hydrogens (tertiary/aromatic N) is 4. The molecular formula is C38H44N6O6. The standard InChI is InChI=1S/C38H44N6O6/c45-34-31-22-28(44-41-32(25-14-6-4-7-15-25)33(42-44)26-16-8-5-9-17-26)24-43(31)35(46)30(39-37(49)50-29-19-12-13-20-29)21-11-3-1-2-10-18-27-23-38(27,40-34)36(47)48/h4-10,14-18,27-31H,1-3,11-13,19-24H2,(H,39,49)(H,40,45)(H,47,48)/t27-,28-,30+,31+,38-/m1/s1. The fourth-order valence-electron chi connectivity index (χ4n) is 7.65. The lowest BCUT2D eigenvalue weighted by Gasteiger charge is -2.29. The minimum atomic E-state index is -1.42. The molecule has 2 aliphatic heterocycles. The molecule has 0 bridgehead atoms. The molecule has 3 aromatic rings. The number of aliphatic carboxylic acids is 1. The molecule has 50 heavy (non-hydrogen) atoms. The van der Waals surface area contributed by atoms with E-state index in [1.165, 1.54) is 4.90 Å².